The quantitative estimate of drug-likeness (QED) is 0.598. The standard InChI is InChI=1S/C27H38N2O2/c1-18-7-5-9-24(20(18)3)29-13-11-28(12-14-29)17-22-21-15-23-19(2)8-6-10-27(23,4)16-25(21)31-26(22)30/h5,7,9,15,19,21-22,25H,6,8,10-14,16-17H2,1-4H3/p+1. The summed E-state index contributed by atoms with van der Waals surface area (Å²) in [5.74, 6) is 1.05. The molecular weight excluding hydrogens is 384 g/mol. The van der Waals surface area contributed by atoms with E-state index in [9.17, 15) is 4.79 Å². The Morgan fingerprint density at radius 1 is 1.23 bits per heavy atom. The normalized spacial score (nSPS) is 35.9. The van der Waals surface area contributed by atoms with Crippen molar-refractivity contribution in [2.75, 3.05) is 37.6 Å². The molecule has 5 atom stereocenters. The third-order valence-corrected chi connectivity index (χ3v) is 8.98. The number of benzene rings is 1. The average molecular weight is 424 g/mol. The second kappa shape index (κ2) is 7.95. The number of fused-ring (bicyclic) bond motifs is 2. The van der Waals surface area contributed by atoms with Crippen molar-refractivity contribution in [2.45, 2.75) is 59.5 Å². The Kier molecular flexibility index (Phi) is 5.40. The van der Waals surface area contributed by atoms with Crippen LogP contribution in [-0.2, 0) is 9.53 Å². The van der Waals surface area contributed by atoms with Gasteiger partial charge in [-0.3, -0.25) is 4.79 Å². The average Bonchev–Trinajstić information content (AvgIpc) is 3.03. The zero-order valence-corrected chi connectivity index (χ0v) is 19.7. The van der Waals surface area contributed by atoms with Gasteiger partial charge < -0.3 is 14.5 Å². The van der Waals surface area contributed by atoms with Crippen LogP contribution in [0.3, 0.4) is 0 Å². The molecule has 2 heterocycles. The molecular formula is C27H39N2O2+. The van der Waals surface area contributed by atoms with Gasteiger partial charge >= 0.3 is 5.97 Å². The van der Waals surface area contributed by atoms with E-state index in [1.54, 1.807) is 10.5 Å². The van der Waals surface area contributed by atoms with Gasteiger partial charge in [-0.25, -0.2) is 0 Å². The maximum absolute atomic E-state index is 12.9. The van der Waals surface area contributed by atoms with Gasteiger partial charge in [0.15, 0.2) is 0 Å². The molecule has 4 nitrogen and oxygen atoms in total. The van der Waals surface area contributed by atoms with E-state index < -0.39 is 0 Å². The van der Waals surface area contributed by atoms with Crippen LogP contribution in [0.1, 0.15) is 50.7 Å². The minimum Gasteiger partial charge on any atom is -0.461 e. The Bertz CT molecular complexity index is 885. The number of quaternary nitrogens is 1. The minimum atomic E-state index is 0.0402. The number of rotatable bonds is 3. The summed E-state index contributed by atoms with van der Waals surface area (Å²) in [5, 5.41) is 0. The van der Waals surface area contributed by atoms with Crippen LogP contribution in [0.4, 0.5) is 5.69 Å². The molecule has 1 aromatic carbocycles. The second-order valence-electron chi connectivity index (χ2n) is 11.0. The first-order chi connectivity index (χ1) is 14.9. The molecule has 0 spiro atoms. The number of carbonyl (C=O) groups is 1. The van der Waals surface area contributed by atoms with Crippen molar-refractivity contribution in [3.8, 4) is 0 Å². The van der Waals surface area contributed by atoms with Crippen molar-refractivity contribution in [1.29, 1.82) is 0 Å². The predicted molar refractivity (Wildman–Crippen MR) is 124 cm³/mol. The van der Waals surface area contributed by atoms with Crippen LogP contribution in [0, 0.1) is 37.0 Å². The molecule has 2 saturated heterocycles. The predicted octanol–water partition coefficient (Wildman–Crippen LogP) is 3.32. The highest BCUT2D eigenvalue weighted by molar-refractivity contribution is 5.76. The number of hydrogen-bond acceptors (Lipinski definition) is 3. The van der Waals surface area contributed by atoms with Gasteiger partial charge in [0.2, 0.25) is 0 Å². The lowest BCUT2D eigenvalue weighted by molar-refractivity contribution is -0.903. The van der Waals surface area contributed by atoms with Crippen LogP contribution in [0.25, 0.3) is 0 Å². The van der Waals surface area contributed by atoms with Crippen LogP contribution in [-0.4, -0.2) is 44.8 Å². The van der Waals surface area contributed by atoms with Gasteiger partial charge in [-0.1, -0.05) is 44.1 Å². The van der Waals surface area contributed by atoms with Crippen molar-refractivity contribution in [1.82, 2.24) is 0 Å². The van der Waals surface area contributed by atoms with E-state index >= 15 is 0 Å². The molecule has 5 rings (SSSR count). The lowest BCUT2D eigenvalue weighted by atomic mass is 9.59. The molecule has 0 radical (unpaired) electrons. The van der Waals surface area contributed by atoms with E-state index in [1.807, 2.05) is 0 Å². The van der Waals surface area contributed by atoms with Crippen LogP contribution >= 0.6 is 0 Å². The summed E-state index contributed by atoms with van der Waals surface area (Å²) in [6, 6.07) is 6.62. The number of aryl methyl sites for hydroxylation is 1. The molecule has 1 aromatic rings. The van der Waals surface area contributed by atoms with Gasteiger partial charge in [0.05, 0.1) is 32.7 Å². The highest BCUT2D eigenvalue weighted by Gasteiger charge is 2.52. The van der Waals surface area contributed by atoms with E-state index in [1.165, 1.54) is 36.1 Å². The van der Waals surface area contributed by atoms with Crippen molar-refractivity contribution < 1.29 is 14.4 Å². The highest BCUT2D eigenvalue weighted by Crippen LogP contribution is 2.53. The van der Waals surface area contributed by atoms with Crippen molar-refractivity contribution in [2.24, 2.45) is 23.2 Å². The maximum atomic E-state index is 12.9. The minimum absolute atomic E-state index is 0.0402. The molecule has 1 saturated carbocycles. The molecule has 3 fully saturated rings. The van der Waals surface area contributed by atoms with Gasteiger partial charge in [-0.05, 0) is 61.6 Å². The molecule has 2 aliphatic heterocycles. The summed E-state index contributed by atoms with van der Waals surface area (Å²) in [6.45, 7) is 14.5. The summed E-state index contributed by atoms with van der Waals surface area (Å²) >= 11 is 0. The third-order valence-electron chi connectivity index (χ3n) is 8.98. The summed E-state index contributed by atoms with van der Waals surface area (Å²) in [4.78, 5) is 17.0. The molecule has 0 aromatic heterocycles. The van der Waals surface area contributed by atoms with Gasteiger partial charge in [0.1, 0.15) is 12.0 Å². The number of hydrogen-bond donors (Lipinski definition) is 1. The first-order valence-corrected chi connectivity index (χ1v) is 12.4. The van der Waals surface area contributed by atoms with Crippen LogP contribution < -0.4 is 9.80 Å². The van der Waals surface area contributed by atoms with Gasteiger partial charge in [0.25, 0.3) is 0 Å². The number of allylic oxidation sites excluding steroid dienone is 1. The maximum Gasteiger partial charge on any atom is 0.315 e. The zero-order chi connectivity index (χ0) is 21.8. The van der Waals surface area contributed by atoms with Crippen LogP contribution in [0.2, 0.25) is 0 Å². The van der Waals surface area contributed by atoms with E-state index in [4.69, 9.17) is 4.74 Å². The fourth-order valence-corrected chi connectivity index (χ4v) is 6.94. The second-order valence-corrected chi connectivity index (χ2v) is 11.0. The molecule has 0 amide bonds. The zero-order valence-electron chi connectivity index (χ0n) is 19.7. The number of nitrogens with one attached hydrogen (secondary N) is 1. The number of esters is 1. The van der Waals surface area contributed by atoms with E-state index in [-0.39, 0.29) is 23.4 Å². The molecule has 1 N–H and O–H groups in total. The molecule has 4 aliphatic rings. The largest absolute Gasteiger partial charge is 0.461 e. The molecule has 168 valence electrons. The molecule has 5 unspecified atom stereocenters. The first-order valence-electron chi connectivity index (χ1n) is 12.4. The first kappa shape index (κ1) is 21.1. The Morgan fingerprint density at radius 3 is 2.77 bits per heavy atom. The van der Waals surface area contributed by atoms with Crippen molar-refractivity contribution in [3.63, 3.8) is 0 Å². The smallest absolute Gasteiger partial charge is 0.315 e. The fraction of sp³-hybridized carbons (Fsp3) is 0.667. The Morgan fingerprint density at radius 2 is 2.00 bits per heavy atom. The monoisotopic (exact) mass is 423 g/mol. The van der Waals surface area contributed by atoms with Crippen LogP contribution in [0.5, 0.6) is 0 Å². The van der Waals surface area contributed by atoms with E-state index in [2.05, 4.69) is 56.9 Å². The van der Waals surface area contributed by atoms with Gasteiger partial charge in [-0.15, -0.1) is 0 Å². The van der Waals surface area contributed by atoms with Gasteiger partial charge in [0, 0.05) is 11.6 Å². The lowest BCUT2D eigenvalue weighted by Crippen LogP contribution is -3.15. The SMILES string of the molecule is Cc1cccc(N2CC[NH+](CC3C(=O)OC4CC5(C)CCCC(C)C5=CC43)CC2)c1C. The molecule has 4 heteroatoms. The number of nitrogens with zero attached hydrogens (tertiary/aromatic N) is 1. The number of ether oxygens (including phenoxy) is 1. The Balaban J connectivity index is 1.27. The topological polar surface area (TPSA) is 34.0 Å². The molecule has 31 heavy (non-hydrogen) atoms. The summed E-state index contributed by atoms with van der Waals surface area (Å²) in [6.07, 6.45) is 7.49. The Labute approximate surface area is 187 Å². The summed E-state index contributed by atoms with van der Waals surface area (Å²) in [5.41, 5.74) is 6.01. The molecule has 2 aliphatic carbocycles. The van der Waals surface area contributed by atoms with Crippen molar-refractivity contribution >= 4 is 11.7 Å². The lowest BCUT2D eigenvalue weighted by Gasteiger charge is -2.46. The number of carbonyl (C=O) groups excluding carboxylic acids is 1. The van der Waals surface area contributed by atoms with Gasteiger partial charge in [-0.2, -0.15) is 0 Å². The van der Waals surface area contributed by atoms with E-state index in [0.717, 1.165) is 39.1 Å². The van der Waals surface area contributed by atoms with E-state index in [0.29, 0.717) is 11.8 Å². The third kappa shape index (κ3) is 3.71. The fourth-order valence-electron chi connectivity index (χ4n) is 6.94. The summed E-state index contributed by atoms with van der Waals surface area (Å²) in [7, 11) is 0. The number of piperazine rings is 1. The van der Waals surface area contributed by atoms with Crippen molar-refractivity contribution in [3.05, 3.63) is 41.0 Å². The Hall–Kier alpha value is -1.81. The number of anilines is 1. The summed E-state index contributed by atoms with van der Waals surface area (Å²) < 4.78 is 5.98. The molecule has 0 bridgehead atoms. The highest BCUT2D eigenvalue weighted by atomic mass is 16.6. The van der Waals surface area contributed by atoms with Crippen LogP contribution in [0.15, 0.2) is 29.8 Å².